The number of likely N-dealkylation sites (N-methyl/N-ethyl adjacent to an activating group) is 1. The van der Waals surface area contributed by atoms with Gasteiger partial charge in [-0.2, -0.15) is 5.10 Å². The highest BCUT2D eigenvalue weighted by Gasteiger charge is 2.18. The number of nitrogens with two attached hydrogens (primary N) is 1. The Labute approximate surface area is 94.5 Å². The van der Waals surface area contributed by atoms with E-state index in [0.717, 1.165) is 17.1 Å². The smallest absolute Gasteiger partial charge is 0.136 e. The number of aliphatic hydroxyl groups is 1. The number of hydrogen-bond acceptors (Lipinski definition) is 4. The van der Waals surface area contributed by atoms with Crippen molar-refractivity contribution in [1.29, 1.82) is 0 Å². The monoisotopic (exact) mass is 228 g/mol. The van der Waals surface area contributed by atoms with Crippen molar-refractivity contribution in [1.82, 2.24) is 9.78 Å². The van der Waals surface area contributed by atoms with E-state index in [0.29, 0.717) is 11.5 Å². The molecule has 0 fully saturated rings. The van der Waals surface area contributed by atoms with Gasteiger partial charge < -0.3 is 15.7 Å². The van der Waals surface area contributed by atoms with Crippen LogP contribution in [0.4, 0.5) is 5.82 Å². The topological polar surface area (TPSA) is 67.3 Å². The zero-order valence-electron chi connectivity index (χ0n) is 9.19. The van der Waals surface area contributed by atoms with Crippen molar-refractivity contribution >= 4 is 23.0 Å². The van der Waals surface area contributed by atoms with Gasteiger partial charge in [-0.25, -0.2) is 0 Å². The van der Waals surface area contributed by atoms with Gasteiger partial charge in [-0.15, -0.1) is 0 Å². The summed E-state index contributed by atoms with van der Waals surface area (Å²) in [4.78, 5) is 2.22. The van der Waals surface area contributed by atoms with Gasteiger partial charge in [0.05, 0.1) is 17.9 Å². The second-order valence-corrected chi connectivity index (χ2v) is 3.86. The summed E-state index contributed by atoms with van der Waals surface area (Å²) in [6.07, 6.45) is 0. The minimum Gasteiger partial charge on any atom is -0.395 e. The molecular formula is C9H16N4OS. The van der Waals surface area contributed by atoms with Crippen LogP contribution in [0.3, 0.4) is 0 Å². The maximum absolute atomic E-state index is 8.89. The third-order valence-corrected chi connectivity index (χ3v) is 2.44. The molecule has 5 nitrogen and oxygen atoms in total. The molecule has 84 valence electrons. The Bertz CT molecular complexity index is 374. The van der Waals surface area contributed by atoms with Gasteiger partial charge in [-0.3, -0.25) is 4.68 Å². The van der Waals surface area contributed by atoms with E-state index >= 15 is 0 Å². The number of aryl methyl sites for hydroxylation is 2. The standard InChI is InChI=1S/C9H16N4OS/c1-6-7(8(10)15)9(13(3)11-6)12(2)4-5-14/h14H,4-5H2,1-3H3,(H2,10,15). The summed E-state index contributed by atoms with van der Waals surface area (Å²) in [5.74, 6) is 0.842. The minimum atomic E-state index is 0.0809. The molecule has 1 rings (SSSR count). The molecule has 0 atom stereocenters. The molecule has 1 aromatic rings. The lowest BCUT2D eigenvalue weighted by Gasteiger charge is -2.19. The van der Waals surface area contributed by atoms with E-state index in [2.05, 4.69) is 5.10 Å². The summed E-state index contributed by atoms with van der Waals surface area (Å²) in [7, 11) is 3.70. The van der Waals surface area contributed by atoms with Crippen LogP contribution in [0.25, 0.3) is 0 Å². The first-order valence-corrected chi connectivity index (χ1v) is 5.05. The largest absolute Gasteiger partial charge is 0.395 e. The molecule has 0 saturated carbocycles. The normalized spacial score (nSPS) is 10.4. The summed E-state index contributed by atoms with van der Waals surface area (Å²) >= 11 is 4.99. The molecule has 0 unspecified atom stereocenters. The van der Waals surface area contributed by atoms with Crippen LogP contribution < -0.4 is 10.6 Å². The first-order chi connectivity index (χ1) is 6.99. The molecule has 0 bridgehead atoms. The third-order valence-electron chi connectivity index (χ3n) is 2.24. The molecule has 0 aliphatic carbocycles. The van der Waals surface area contributed by atoms with Gasteiger partial charge in [0.2, 0.25) is 0 Å². The molecule has 0 spiro atoms. The number of thiocarbonyl (C=S) groups is 1. The maximum atomic E-state index is 8.89. The third kappa shape index (κ3) is 2.27. The predicted molar refractivity (Wildman–Crippen MR) is 64.2 cm³/mol. The van der Waals surface area contributed by atoms with Crippen LogP contribution in [0, 0.1) is 6.92 Å². The number of hydrogen-bond donors (Lipinski definition) is 2. The molecule has 0 aromatic carbocycles. The Kier molecular flexibility index (Phi) is 3.65. The van der Waals surface area contributed by atoms with Gasteiger partial charge >= 0.3 is 0 Å². The molecule has 0 amide bonds. The van der Waals surface area contributed by atoms with E-state index in [4.69, 9.17) is 23.1 Å². The van der Waals surface area contributed by atoms with Gasteiger partial charge in [-0.05, 0) is 6.92 Å². The van der Waals surface area contributed by atoms with Crippen LogP contribution in [0.15, 0.2) is 0 Å². The summed E-state index contributed by atoms with van der Waals surface area (Å²) in [6, 6.07) is 0. The number of nitrogens with zero attached hydrogens (tertiary/aromatic N) is 3. The second kappa shape index (κ2) is 4.59. The highest BCUT2D eigenvalue weighted by Crippen LogP contribution is 2.21. The van der Waals surface area contributed by atoms with Crippen LogP contribution >= 0.6 is 12.2 Å². The fraction of sp³-hybridized carbons (Fsp3) is 0.556. The first kappa shape index (κ1) is 11.9. The number of anilines is 1. The van der Waals surface area contributed by atoms with Gasteiger partial charge in [0, 0.05) is 20.6 Å². The Balaban J connectivity index is 3.20. The van der Waals surface area contributed by atoms with E-state index in [1.54, 1.807) is 4.68 Å². The van der Waals surface area contributed by atoms with Crippen molar-refractivity contribution < 1.29 is 5.11 Å². The SMILES string of the molecule is Cc1nn(C)c(N(C)CCO)c1C(N)=S. The van der Waals surface area contributed by atoms with Crippen LogP contribution in [0.2, 0.25) is 0 Å². The highest BCUT2D eigenvalue weighted by atomic mass is 32.1. The quantitative estimate of drug-likeness (QED) is 0.698. The number of aromatic nitrogens is 2. The van der Waals surface area contributed by atoms with Gasteiger partial charge in [-0.1, -0.05) is 12.2 Å². The fourth-order valence-corrected chi connectivity index (χ4v) is 1.87. The minimum absolute atomic E-state index is 0.0809. The van der Waals surface area contributed by atoms with Crippen molar-refractivity contribution in [3.8, 4) is 0 Å². The number of rotatable bonds is 4. The summed E-state index contributed by atoms with van der Waals surface area (Å²) in [6.45, 7) is 2.47. The van der Waals surface area contributed by atoms with Crippen LogP contribution in [-0.2, 0) is 7.05 Å². The van der Waals surface area contributed by atoms with Crippen molar-refractivity contribution in [2.75, 3.05) is 25.1 Å². The lowest BCUT2D eigenvalue weighted by Crippen LogP contribution is -2.26. The predicted octanol–water partition coefficient (Wildman–Crippen LogP) is -0.209. The van der Waals surface area contributed by atoms with Crippen LogP contribution in [0.5, 0.6) is 0 Å². The molecule has 15 heavy (non-hydrogen) atoms. The molecule has 0 aliphatic heterocycles. The van der Waals surface area contributed by atoms with E-state index < -0.39 is 0 Å². The molecule has 0 radical (unpaired) electrons. The lowest BCUT2D eigenvalue weighted by molar-refractivity contribution is 0.303. The zero-order valence-corrected chi connectivity index (χ0v) is 10.0. The molecule has 0 saturated heterocycles. The summed E-state index contributed by atoms with van der Waals surface area (Å²) in [5.41, 5.74) is 7.24. The Morgan fingerprint density at radius 3 is 2.73 bits per heavy atom. The van der Waals surface area contributed by atoms with E-state index in [1.165, 1.54) is 0 Å². The Morgan fingerprint density at radius 1 is 1.67 bits per heavy atom. The van der Waals surface area contributed by atoms with Crippen molar-refractivity contribution in [2.45, 2.75) is 6.92 Å². The molecule has 1 aromatic heterocycles. The summed E-state index contributed by atoms with van der Waals surface area (Å²) in [5, 5.41) is 13.2. The molecule has 0 aliphatic rings. The lowest BCUT2D eigenvalue weighted by atomic mass is 10.2. The molecule has 1 heterocycles. The molecular weight excluding hydrogens is 212 g/mol. The molecule has 3 N–H and O–H groups in total. The average Bonchev–Trinajstić information content (AvgIpc) is 2.41. The van der Waals surface area contributed by atoms with Crippen molar-refractivity contribution in [3.05, 3.63) is 11.3 Å². The second-order valence-electron chi connectivity index (χ2n) is 3.42. The highest BCUT2D eigenvalue weighted by molar-refractivity contribution is 7.80. The van der Waals surface area contributed by atoms with E-state index in [1.807, 2.05) is 25.9 Å². The van der Waals surface area contributed by atoms with E-state index in [9.17, 15) is 0 Å². The summed E-state index contributed by atoms with van der Waals surface area (Å²) < 4.78 is 1.72. The van der Waals surface area contributed by atoms with Gasteiger partial charge in [0.1, 0.15) is 10.8 Å². The maximum Gasteiger partial charge on any atom is 0.136 e. The van der Waals surface area contributed by atoms with Crippen LogP contribution in [-0.4, -0.2) is 40.1 Å². The number of aliphatic hydroxyl groups excluding tert-OH is 1. The van der Waals surface area contributed by atoms with Gasteiger partial charge in [0.15, 0.2) is 0 Å². The van der Waals surface area contributed by atoms with Crippen LogP contribution in [0.1, 0.15) is 11.3 Å². The first-order valence-electron chi connectivity index (χ1n) is 4.64. The zero-order chi connectivity index (χ0) is 11.6. The Hall–Kier alpha value is -1.14. The molecule has 6 heteroatoms. The van der Waals surface area contributed by atoms with Crippen molar-refractivity contribution in [3.63, 3.8) is 0 Å². The average molecular weight is 228 g/mol. The fourth-order valence-electron chi connectivity index (χ4n) is 1.63. The van der Waals surface area contributed by atoms with Crippen molar-refractivity contribution in [2.24, 2.45) is 12.8 Å². The Morgan fingerprint density at radius 2 is 2.27 bits per heavy atom. The van der Waals surface area contributed by atoms with Gasteiger partial charge in [0.25, 0.3) is 0 Å². The van der Waals surface area contributed by atoms with E-state index in [-0.39, 0.29) is 6.61 Å².